The quantitative estimate of drug-likeness (QED) is 0.640. The van der Waals surface area contributed by atoms with Crippen LogP contribution in [0.1, 0.15) is 10.4 Å². The van der Waals surface area contributed by atoms with Crippen LogP contribution in [-0.2, 0) is 0 Å². The zero-order valence-electron chi connectivity index (χ0n) is 10.3. The Morgan fingerprint density at radius 2 is 2.00 bits per heavy atom. The summed E-state index contributed by atoms with van der Waals surface area (Å²) in [5, 5.41) is 13.4. The number of nitrogens with zero attached hydrogens (tertiary/aromatic N) is 1. The highest BCUT2D eigenvalue weighted by atomic mass is 79.9. The van der Waals surface area contributed by atoms with Crippen LogP contribution in [-0.4, -0.2) is 10.8 Å². The first-order chi connectivity index (χ1) is 9.88. The van der Waals surface area contributed by atoms with Gasteiger partial charge in [-0.1, -0.05) is 27.5 Å². The lowest BCUT2D eigenvalue weighted by Crippen LogP contribution is -2.14. The van der Waals surface area contributed by atoms with Crippen molar-refractivity contribution in [2.45, 2.75) is 0 Å². The van der Waals surface area contributed by atoms with E-state index in [1.54, 1.807) is 0 Å². The van der Waals surface area contributed by atoms with E-state index in [4.69, 9.17) is 11.6 Å². The van der Waals surface area contributed by atoms with Crippen LogP contribution in [0.2, 0.25) is 5.02 Å². The molecule has 0 radical (unpaired) electrons. The van der Waals surface area contributed by atoms with Crippen molar-refractivity contribution < 1.29 is 14.1 Å². The Kier molecular flexibility index (Phi) is 4.54. The Labute approximate surface area is 132 Å². The van der Waals surface area contributed by atoms with Crippen LogP contribution in [0.3, 0.4) is 0 Å². The molecule has 0 atom stereocenters. The third-order valence-corrected chi connectivity index (χ3v) is 3.31. The summed E-state index contributed by atoms with van der Waals surface area (Å²) >= 11 is 8.82. The van der Waals surface area contributed by atoms with Crippen LogP contribution in [0.4, 0.5) is 15.8 Å². The smallest absolute Gasteiger partial charge is 0.292 e. The fourth-order valence-electron chi connectivity index (χ4n) is 1.63. The molecule has 5 nitrogen and oxygen atoms in total. The molecule has 21 heavy (non-hydrogen) atoms. The average molecular weight is 374 g/mol. The predicted octanol–water partition coefficient (Wildman–Crippen LogP) is 4.40. The van der Waals surface area contributed by atoms with Gasteiger partial charge in [0.15, 0.2) is 0 Å². The molecule has 0 spiro atoms. The summed E-state index contributed by atoms with van der Waals surface area (Å²) in [5.74, 6) is -1.54. The number of nitro groups is 1. The number of rotatable bonds is 3. The number of halogens is 3. The van der Waals surface area contributed by atoms with E-state index in [-0.39, 0.29) is 22.0 Å². The second kappa shape index (κ2) is 6.19. The molecule has 108 valence electrons. The second-order valence-electron chi connectivity index (χ2n) is 4.00. The molecule has 0 aliphatic carbocycles. The van der Waals surface area contributed by atoms with Gasteiger partial charge >= 0.3 is 0 Å². The minimum absolute atomic E-state index is 0.0974. The third kappa shape index (κ3) is 3.56. The number of anilines is 1. The molecule has 0 unspecified atom stereocenters. The molecule has 0 heterocycles. The van der Waals surface area contributed by atoms with Crippen molar-refractivity contribution in [3.63, 3.8) is 0 Å². The summed E-state index contributed by atoms with van der Waals surface area (Å²) in [4.78, 5) is 22.2. The normalized spacial score (nSPS) is 10.2. The highest BCUT2D eigenvalue weighted by molar-refractivity contribution is 9.10. The van der Waals surface area contributed by atoms with Crippen molar-refractivity contribution in [3.05, 3.63) is 67.4 Å². The average Bonchev–Trinajstić information content (AvgIpc) is 2.37. The molecule has 1 N–H and O–H groups in total. The van der Waals surface area contributed by atoms with Crippen LogP contribution in [0.15, 0.2) is 40.9 Å². The van der Waals surface area contributed by atoms with E-state index in [1.165, 1.54) is 24.3 Å². The Balaban J connectivity index is 2.35. The first-order valence-electron chi connectivity index (χ1n) is 5.59. The Hall–Kier alpha value is -1.99. The van der Waals surface area contributed by atoms with Crippen molar-refractivity contribution in [2.75, 3.05) is 5.32 Å². The number of carbonyl (C=O) groups excluding carboxylic acids is 1. The predicted molar refractivity (Wildman–Crippen MR) is 80.2 cm³/mol. The summed E-state index contributed by atoms with van der Waals surface area (Å²) < 4.78 is 14.2. The zero-order chi connectivity index (χ0) is 15.6. The number of nitro benzene ring substituents is 1. The van der Waals surface area contributed by atoms with Gasteiger partial charge in [-0.25, -0.2) is 4.39 Å². The Morgan fingerprint density at radius 1 is 1.29 bits per heavy atom. The summed E-state index contributed by atoms with van der Waals surface area (Å²) in [6.45, 7) is 0. The van der Waals surface area contributed by atoms with E-state index in [0.717, 1.165) is 12.1 Å². The molecule has 0 saturated heterocycles. The Bertz CT molecular complexity index is 739. The van der Waals surface area contributed by atoms with Crippen molar-refractivity contribution in [3.8, 4) is 0 Å². The molecule has 0 aliphatic heterocycles. The number of hydrogen-bond acceptors (Lipinski definition) is 3. The van der Waals surface area contributed by atoms with E-state index >= 15 is 0 Å². The lowest BCUT2D eigenvalue weighted by atomic mass is 10.2. The fourth-order valence-corrected chi connectivity index (χ4v) is 2.14. The highest BCUT2D eigenvalue weighted by Crippen LogP contribution is 2.28. The molecule has 2 aromatic carbocycles. The van der Waals surface area contributed by atoms with Gasteiger partial charge in [0.25, 0.3) is 11.6 Å². The van der Waals surface area contributed by atoms with Gasteiger partial charge in [0.1, 0.15) is 11.5 Å². The van der Waals surface area contributed by atoms with Gasteiger partial charge in [0.2, 0.25) is 0 Å². The first-order valence-corrected chi connectivity index (χ1v) is 6.76. The Morgan fingerprint density at radius 3 is 2.62 bits per heavy atom. The van der Waals surface area contributed by atoms with Gasteiger partial charge in [-0.05, 0) is 30.3 Å². The summed E-state index contributed by atoms with van der Waals surface area (Å²) in [7, 11) is 0. The van der Waals surface area contributed by atoms with Crippen LogP contribution >= 0.6 is 27.5 Å². The lowest BCUT2D eigenvalue weighted by molar-refractivity contribution is -0.383. The molecule has 0 aliphatic rings. The zero-order valence-corrected chi connectivity index (χ0v) is 12.6. The van der Waals surface area contributed by atoms with Crippen LogP contribution in [0, 0.1) is 15.9 Å². The minimum Gasteiger partial charge on any atom is -0.316 e. The summed E-state index contributed by atoms with van der Waals surface area (Å²) in [5.41, 5.74) is -0.655. The highest BCUT2D eigenvalue weighted by Gasteiger charge is 2.19. The topological polar surface area (TPSA) is 72.2 Å². The van der Waals surface area contributed by atoms with Crippen molar-refractivity contribution in [1.82, 2.24) is 0 Å². The molecular formula is C13H7BrClFN2O3. The molecule has 2 aromatic rings. The molecule has 1 amide bonds. The van der Waals surface area contributed by atoms with Gasteiger partial charge in [-0.2, -0.15) is 0 Å². The first kappa shape index (κ1) is 15.4. The largest absolute Gasteiger partial charge is 0.316 e. The maximum Gasteiger partial charge on any atom is 0.292 e. The van der Waals surface area contributed by atoms with Gasteiger partial charge in [0.05, 0.1) is 10.5 Å². The second-order valence-corrected chi connectivity index (χ2v) is 5.35. The van der Waals surface area contributed by atoms with Gasteiger partial charge in [0, 0.05) is 15.6 Å². The number of benzene rings is 2. The monoisotopic (exact) mass is 372 g/mol. The van der Waals surface area contributed by atoms with Crippen molar-refractivity contribution >= 4 is 44.8 Å². The van der Waals surface area contributed by atoms with Crippen LogP contribution in [0.5, 0.6) is 0 Å². The number of nitrogens with one attached hydrogen (secondary N) is 1. The number of carbonyl (C=O) groups is 1. The van der Waals surface area contributed by atoms with Crippen LogP contribution in [0.25, 0.3) is 0 Å². The van der Waals surface area contributed by atoms with Gasteiger partial charge in [-0.3, -0.25) is 14.9 Å². The van der Waals surface area contributed by atoms with E-state index in [2.05, 4.69) is 21.2 Å². The van der Waals surface area contributed by atoms with Gasteiger partial charge < -0.3 is 5.32 Å². The van der Waals surface area contributed by atoms with E-state index in [1.807, 2.05) is 0 Å². The standard InChI is InChI=1S/C13H7BrClFN2O3/c14-7-1-3-9(10(16)5-7)13(19)17-11-6-8(15)2-4-12(11)18(20)21/h1-6H,(H,17,19). The lowest BCUT2D eigenvalue weighted by Gasteiger charge is -2.07. The van der Waals surface area contributed by atoms with Crippen molar-refractivity contribution in [1.29, 1.82) is 0 Å². The maximum atomic E-state index is 13.7. The van der Waals surface area contributed by atoms with Crippen molar-refractivity contribution in [2.24, 2.45) is 0 Å². The third-order valence-electron chi connectivity index (χ3n) is 2.58. The molecule has 0 bridgehead atoms. The SMILES string of the molecule is O=C(Nc1cc(Cl)ccc1[N+](=O)[O-])c1ccc(Br)cc1F. The molecule has 0 aromatic heterocycles. The van der Waals surface area contributed by atoms with E-state index < -0.39 is 16.6 Å². The van der Waals surface area contributed by atoms with Gasteiger partial charge in [-0.15, -0.1) is 0 Å². The minimum atomic E-state index is -0.801. The molecular weight excluding hydrogens is 367 g/mol. The number of hydrogen-bond donors (Lipinski definition) is 1. The molecule has 0 saturated carbocycles. The van der Waals surface area contributed by atoms with E-state index in [9.17, 15) is 19.3 Å². The maximum absolute atomic E-state index is 13.7. The molecule has 0 fully saturated rings. The molecule has 2 rings (SSSR count). The summed E-state index contributed by atoms with van der Waals surface area (Å²) in [6.07, 6.45) is 0. The summed E-state index contributed by atoms with van der Waals surface area (Å²) in [6, 6.07) is 7.61. The number of amides is 1. The molecule has 8 heteroatoms. The fraction of sp³-hybridized carbons (Fsp3) is 0. The van der Waals surface area contributed by atoms with Crippen LogP contribution < -0.4 is 5.32 Å². The van der Waals surface area contributed by atoms with E-state index in [0.29, 0.717) is 4.47 Å².